The van der Waals surface area contributed by atoms with Crippen molar-refractivity contribution in [3.63, 3.8) is 0 Å². The van der Waals surface area contributed by atoms with Crippen molar-refractivity contribution in [2.45, 2.75) is 32.2 Å². The summed E-state index contributed by atoms with van der Waals surface area (Å²) < 4.78 is 0. The molecule has 2 nitrogen and oxygen atoms in total. The van der Waals surface area contributed by atoms with Gasteiger partial charge in [-0.2, -0.15) is 0 Å². The number of nitrogens with one attached hydrogen (secondary N) is 2. The van der Waals surface area contributed by atoms with E-state index in [0.717, 1.165) is 6.54 Å². The Hall–Kier alpha value is -2.22. The molecule has 0 aliphatic heterocycles. The molecule has 2 aromatic carbocycles. The molecule has 0 spiro atoms. The van der Waals surface area contributed by atoms with Crippen molar-refractivity contribution in [1.29, 1.82) is 0 Å². The fraction of sp³-hybridized carbons (Fsp3) is 0.263. The largest absolute Gasteiger partial charge is 0.381 e. The average Bonchev–Trinajstić information content (AvgIpc) is 3.00. The lowest BCUT2D eigenvalue weighted by Crippen LogP contribution is -2.08. The summed E-state index contributed by atoms with van der Waals surface area (Å²) in [5, 5.41) is 4.92. The first-order valence-corrected chi connectivity index (χ1v) is 7.81. The molecule has 2 heteroatoms. The van der Waals surface area contributed by atoms with Gasteiger partial charge in [0, 0.05) is 23.9 Å². The van der Waals surface area contributed by atoms with Gasteiger partial charge in [-0.25, -0.2) is 0 Å². The highest BCUT2D eigenvalue weighted by atomic mass is 14.9. The zero-order valence-corrected chi connectivity index (χ0v) is 12.2. The standard InChI is InChI=1S/C19H20N2/c1-2-6-17-15(4-1)5-3-7-19(17)21-13-14-8-9-18-16(12-14)10-11-20-18/h3,5,7-12,20-21H,1-2,4,6,13H2. The first kappa shape index (κ1) is 12.5. The minimum atomic E-state index is 0.886. The maximum absolute atomic E-state index is 3.64. The first-order valence-electron chi connectivity index (χ1n) is 7.81. The quantitative estimate of drug-likeness (QED) is 0.715. The van der Waals surface area contributed by atoms with E-state index >= 15 is 0 Å². The van der Waals surface area contributed by atoms with Gasteiger partial charge >= 0.3 is 0 Å². The van der Waals surface area contributed by atoms with Crippen LogP contribution in [-0.2, 0) is 19.4 Å². The summed E-state index contributed by atoms with van der Waals surface area (Å²) in [4.78, 5) is 3.24. The Kier molecular flexibility index (Phi) is 3.15. The van der Waals surface area contributed by atoms with E-state index in [4.69, 9.17) is 0 Å². The van der Waals surface area contributed by atoms with Crippen molar-refractivity contribution < 1.29 is 0 Å². The molecule has 1 aliphatic carbocycles. The molecule has 0 amide bonds. The Labute approximate surface area is 125 Å². The van der Waals surface area contributed by atoms with Gasteiger partial charge in [0.1, 0.15) is 0 Å². The molecule has 21 heavy (non-hydrogen) atoms. The van der Waals surface area contributed by atoms with Crippen molar-refractivity contribution in [2.75, 3.05) is 5.32 Å². The third-order valence-corrected chi connectivity index (χ3v) is 4.50. The highest BCUT2D eigenvalue weighted by Crippen LogP contribution is 2.28. The number of anilines is 1. The van der Waals surface area contributed by atoms with Gasteiger partial charge in [0.25, 0.3) is 0 Å². The van der Waals surface area contributed by atoms with E-state index in [2.05, 4.69) is 52.8 Å². The number of H-pyrrole nitrogens is 1. The summed E-state index contributed by atoms with van der Waals surface area (Å²) in [7, 11) is 0. The van der Waals surface area contributed by atoms with Crippen molar-refractivity contribution in [1.82, 2.24) is 4.98 Å². The molecule has 0 atom stereocenters. The number of hydrogen-bond acceptors (Lipinski definition) is 1. The summed E-state index contributed by atoms with van der Waals surface area (Å²) in [6, 6.07) is 15.4. The number of aromatic nitrogens is 1. The van der Waals surface area contributed by atoms with E-state index < -0.39 is 0 Å². The summed E-state index contributed by atoms with van der Waals surface area (Å²) in [6.07, 6.45) is 7.10. The third-order valence-electron chi connectivity index (χ3n) is 4.50. The van der Waals surface area contributed by atoms with Crippen LogP contribution in [0.4, 0.5) is 5.69 Å². The monoisotopic (exact) mass is 276 g/mol. The molecule has 3 aromatic rings. The van der Waals surface area contributed by atoms with Gasteiger partial charge < -0.3 is 10.3 Å². The molecule has 0 saturated heterocycles. The molecule has 2 N–H and O–H groups in total. The fourth-order valence-corrected chi connectivity index (χ4v) is 3.36. The summed E-state index contributed by atoms with van der Waals surface area (Å²) >= 11 is 0. The van der Waals surface area contributed by atoms with Crippen LogP contribution in [0.15, 0.2) is 48.7 Å². The van der Waals surface area contributed by atoms with Crippen LogP contribution >= 0.6 is 0 Å². The van der Waals surface area contributed by atoms with Gasteiger partial charge in [-0.15, -0.1) is 0 Å². The maximum atomic E-state index is 3.64. The first-order chi connectivity index (χ1) is 10.4. The molecule has 4 rings (SSSR count). The Morgan fingerprint density at radius 1 is 1.00 bits per heavy atom. The number of benzene rings is 2. The van der Waals surface area contributed by atoms with Crippen LogP contribution in [0.5, 0.6) is 0 Å². The molecule has 0 unspecified atom stereocenters. The average molecular weight is 276 g/mol. The molecule has 0 saturated carbocycles. The van der Waals surface area contributed by atoms with Crippen molar-refractivity contribution >= 4 is 16.6 Å². The van der Waals surface area contributed by atoms with E-state index in [-0.39, 0.29) is 0 Å². The molecule has 1 aliphatic rings. The third kappa shape index (κ3) is 2.42. The molecular formula is C19H20N2. The van der Waals surface area contributed by atoms with E-state index in [1.165, 1.54) is 59.0 Å². The second-order valence-corrected chi connectivity index (χ2v) is 5.90. The van der Waals surface area contributed by atoms with E-state index in [1.807, 2.05) is 6.20 Å². The van der Waals surface area contributed by atoms with Gasteiger partial charge in [0.2, 0.25) is 0 Å². The van der Waals surface area contributed by atoms with Crippen molar-refractivity contribution in [2.24, 2.45) is 0 Å². The highest BCUT2D eigenvalue weighted by molar-refractivity contribution is 5.80. The lowest BCUT2D eigenvalue weighted by Gasteiger charge is -2.20. The molecule has 106 valence electrons. The Morgan fingerprint density at radius 3 is 2.95 bits per heavy atom. The van der Waals surface area contributed by atoms with Crippen molar-refractivity contribution in [3.05, 3.63) is 65.4 Å². The van der Waals surface area contributed by atoms with Crippen LogP contribution in [-0.4, -0.2) is 4.98 Å². The van der Waals surface area contributed by atoms with Crippen LogP contribution in [0.2, 0.25) is 0 Å². The van der Waals surface area contributed by atoms with Gasteiger partial charge in [0.05, 0.1) is 0 Å². The minimum absolute atomic E-state index is 0.886. The Morgan fingerprint density at radius 2 is 1.95 bits per heavy atom. The van der Waals surface area contributed by atoms with Crippen LogP contribution < -0.4 is 5.32 Å². The van der Waals surface area contributed by atoms with E-state index in [0.29, 0.717) is 0 Å². The second kappa shape index (κ2) is 5.28. The summed E-state index contributed by atoms with van der Waals surface area (Å²) in [5.74, 6) is 0. The van der Waals surface area contributed by atoms with Crippen LogP contribution in [0.1, 0.15) is 29.5 Å². The number of rotatable bonds is 3. The second-order valence-electron chi connectivity index (χ2n) is 5.90. The molecule has 0 bridgehead atoms. The van der Waals surface area contributed by atoms with Gasteiger partial charge in [-0.1, -0.05) is 18.2 Å². The Balaban J connectivity index is 1.56. The van der Waals surface area contributed by atoms with Gasteiger partial charge in [0.15, 0.2) is 0 Å². The predicted octanol–water partition coefficient (Wildman–Crippen LogP) is 4.66. The zero-order chi connectivity index (χ0) is 14.1. The Bertz CT molecular complexity index is 770. The number of aromatic amines is 1. The zero-order valence-electron chi connectivity index (χ0n) is 12.2. The number of fused-ring (bicyclic) bond motifs is 2. The lowest BCUT2D eigenvalue weighted by atomic mass is 9.90. The van der Waals surface area contributed by atoms with Crippen molar-refractivity contribution in [3.8, 4) is 0 Å². The summed E-state index contributed by atoms with van der Waals surface area (Å²) in [5.41, 5.74) is 6.92. The summed E-state index contributed by atoms with van der Waals surface area (Å²) in [6.45, 7) is 0.886. The number of hydrogen-bond donors (Lipinski definition) is 2. The topological polar surface area (TPSA) is 27.8 Å². The molecule has 0 fully saturated rings. The van der Waals surface area contributed by atoms with Gasteiger partial charge in [-0.05, 0) is 72.0 Å². The normalized spacial score (nSPS) is 14.1. The van der Waals surface area contributed by atoms with E-state index in [1.54, 1.807) is 0 Å². The smallest absolute Gasteiger partial charge is 0.0454 e. The molecule has 1 aromatic heterocycles. The van der Waals surface area contributed by atoms with Crippen LogP contribution in [0.3, 0.4) is 0 Å². The van der Waals surface area contributed by atoms with Gasteiger partial charge in [-0.3, -0.25) is 0 Å². The van der Waals surface area contributed by atoms with E-state index in [9.17, 15) is 0 Å². The van der Waals surface area contributed by atoms with Crippen LogP contribution in [0, 0.1) is 0 Å². The molecule has 1 heterocycles. The molecule has 0 radical (unpaired) electrons. The maximum Gasteiger partial charge on any atom is 0.0454 e. The minimum Gasteiger partial charge on any atom is -0.381 e. The SMILES string of the molecule is c1cc2c(c(NCc3ccc4[nH]ccc4c3)c1)CCCC2. The number of aryl methyl sites for hydroxylation is 1. The fourth-order valence-electron chi connectivity index (χ4n) is 3.36. The molecular weight excluding hydrogens is 256 g/mol. The lowest BCUT2D eigenvalue weighted by molar-refractivity contribution is 0.686. The highest BCUT2D eigenvalue weighted by Gasteiger charge is 2.12. The van der Waals surface area contributed by atoms with Crippen LogP contribution in [0.25, 0.3) is 10.9 Å². The predicted molar refractivity (Wildman–Crippen MR) is 88.7 cm³/mol.